The third-order valence-electron chi connectivity index (χ3n) is 2.67. The predicted octanol–water partition coefficient (Wildman–Crippen LogP) is -0.325. The lowest BCUT2D eigenvalue weighted by Gasteiger charge is -2.25. The van der Waals surface area contributed by atoms with Crippen LogP contribution in [-0.2, 0) is 14.3 Å². The molecule has 0 aliphatic carbocycles. The molecule has 8 heteroatoms. The first kappa shape index (κ1) is 18.8. The lowest BCUT2D eigenvalue weighted by Crippen LogP contribution is -2.44. The van der Waals surface area contributed by atoms with Gasteiger partial charge in [-0.25, -0.2) is 0 Å². The van der Waals surface area contributed by atoms with Crippen molar-refractivity contribution in [1.29, 1.82) is 10.5 Å². The fourth-order valence-electron chi connectivity index (χ4n) is 1.65. The number of hydrogen-bond donors (Lipinski definition) is 1. The zero-order valence-corrected chi connectivity index (χ0v) is 12.1. The highest BCUT2D eigenvalue weighted by Gasteiger charge is 2.18. The van der Waals surface area contributed by atoms with Gasteiger partial charge >= 0.3 is 5.97 Å². The summed E-state index contributed by atoms with van der Waals surface area (Å²) in [5, 5.41) is 26.0. The smallest absolute Gasteiger partial charge is 0.317 e. The molecule has 0 saturated heterocycles. The Hall–Kier alpha value is -2.16. The van der Waals surface area contributed by atoms with Crippen LogP contribution >= 0.6 is 0 Å². The molecule has 21 heavy (non-hydrogen) atoms. The fourth-order valence-corrected chi connectivity index (χ4v) is 1.65. The van der Waals surface area contributed by atoms with E-state index in [1.165, 1.54) is 16.9 Å². The van der Waals surface area contributed by atoms with Crippen LogP contribution in [0.3, 0.4) is 0 Å². The van der Waals surface area contributed by atoms with Gasteiger partial charge in [0.05, 0.1) is 44.7 Å². The molecule has 0 fully saturated rings. The molecule has 0 rings (SSSR count). The van der Waals surface area contributed by atoms with E-state index in [0.717, 1.165) is 0 Å². The van der Waals surface area contributed by atoms with E-state index in [-0.39, 0.29) is 44.9 Å². The highest BCUT2D eigenvalue weighted by Crippen LogP contribution is 1.99. The second-order valence-corrected chi connectivity index (χ2v) is 4.29. The average molecular weight is 296 g/mol. The lowest BCUT2D eigenvalue weighted by molar-refractivity contribution is -0.140. The highest BCUT2D eigenvalue weighted by molar-refractivity contribution is 5.79. The van der Waals surface area contributed by atoms with Gasteiger partial charge in [-0.15, -0.1) is 0 Å². The molecule has 0 spiro atoms. The Morgan fingerprint density at radius 1 is 1.10 bits per heavy atom. The van der Waals surface area contributed by atoms with Crippen LogP contribution in [-0.4, -0.2) is 73.2 Å². The number of nitriles is 2. The van der Waals surface area contributed by atoms with Gasteiger partial charge in [0.1, 0.15) is 0 Å². The maximum absolute atomic E-state index is 12.1. The van der Waals surface area contributed by atoms with Crippen molar-refractivity contribution < 1.29 is 19.4 Å². The first-order valence-corrected chi connectivity index (χ1v) is 6.49. The summed E-state index contributed by atoms with van der Waals surface area (Å²) >= 11 is 0. The van der Waals surface area contributed by atoms with Crippen LogP contribution in [0, 0.1) is 22.7 Å². The normalized spacial score (nSPS) is 9.90. The van der Waals surface area contributed by atoms with Crippen molar-refractivity contribution in [1.82, 2.24) is 9.80 Å². The van der Waals surface area contributed by atoms with Crippen LogP contribution in [0.4, 0.5) is 0 Å². The molecule has 0 aromatic rings. The molecule has 0 aliphatic rings. The molecule has 1 N–H and O–H groups in total. The second-order valence-electron chi connectivity index (χ2n) is 4.29. The monoisotopic (exact) mass is 296 g/mol. The van der Waals surface area contributed by atoms with Crippen molar-refractivity contribution in [2.45, 2.75) is 12.8 Å². The molecule has 0 aromatic heterocycles. The van der Waals surface area contributed by atoms with Gasteiger partial charge in [0.2, 0.25) is 5.91 Å². The molecule has 1 amide bonds. The Labute approximate surface area is 124 Å². The topological polar surface area (TPSA) is 118 Å². The average Bonchev–Trinajstić information content (AvgIpc) is 2.44. The van der Waals surface area contributed by atoms with Crippen LogP contribution in [0.5, 0.6) is 0 Å². The molecule has 0 aromatic carbocycles. The number of rotatable bonds is 11. The molecule has 0 unspecified atom stereocenters. The quantitative estimate of drug-likeness (QED) is 0.555. The number of carboxylic acids is 1. The van der Waals surface area contributed by atoms with Gasteiger partial charge in [0.15, 0.2) is 0 Å². The Bertz CT molecular complexity index is 395. The summed E-state index contributed by atoms with van der Waals surface area (Å²) in [6.07, 6.45) is 0.350. The number of carbonyl (C=O) groups is 2. The Morgan fingerprint density at radius 2 is 1.67 bits per heavy atom. The summed E-state index contributed by atoms with van der Waals surface area (Å²) < 4.78 is 4.88. The van der Waals surface area contributed by atoms with E-state index in [1.54, 1.807) is 0 Å². The van der Waals surface area contributed by atoms with Crippen molar-refractivity contribution in [2.24, 2.45) is 0 Å². The molecule has 0 aliphatic heterocycles. The van der Waals surface area contributed by atoms with Crippen molar-refractivity contribution in [3.8, 4) is 12.1 Å². The van der Waals surface area contributed by atoms with E-state index < -0.39 is 5.97 Å². The van der Waals surface area contributed by atoms with Crippen molar-refractivity contribution >= 4 is 11.9 Å². The van der Waals surface area contributed by atoms with Gasteiger partial charge in [0, 0.05) is 26.7 Å². The maximum Gasteiger partial charge on any atom is 0.317 e. The molecule has 8 nitrogen and oxygen atoms in total. The van der Waals surface area contributed by atoms with Crippen molar-refractivity contribution in [2.75, 3.05) is 46.4 Å². The zero-order chi connectivity index (χ0) is 16.1. The number of ether oxygens (including phenoxy) is 1. The van der Waals surface area contributed by atoms with Crippen molar-refractivity contribution in [3.63, 3.8) is 0 Å². The van der Waals surface area contributed by atoms with Crippen LogP contribution in [0.25, 0.3) is 0 Å². The van der Waals surface area contributed by atoms with Gasteiger partial charge < -0.3 is 14.7 Å². The summed E-state index contributed by atoms with van der Waals surface area (Å²) in [7, 11) is 1.49. The van der Waals surface area contributed by atoms with Crippen LogP contribution < -0.4 is 0 Å². The van der Waals surface area contributed by atoms with Gasteiger partial charge in [-0.2, -0.15) is 10.5 Å². The fraction of sp³-hybridized carbons (Fsp3) is 0.692. The van der Waals surface area contributed by atoms with Crippen LogP contribution in [0.1, 0.15) is 12.8 Å². The lowest BCUT2D eigenvalue weighted by atomic mass is 10.3. The van der Waals surface area contributed by atoms with E-state index in [4.69, 9.17) is 20.4 Å². The molecule has 0 atom stereocenters. The first-order chi connectivity index (χ1) is 10.0. The third kappa shape index (κ3) is 9.38. The third-order valence-corrected chi connectivity index (χ3v) is 2.67. The molecule has 0 radical (unpaired) electrons. The molecule has 0 bridgehead atoms. The highest BCUT2D eigenvalue weighted by atomic mass is 16.5. The number of methoxy groups -OCH3 is 1. The van der Waals surface area contributed by atoms with Crippen LogP contribution in [0.15, 0.2) is 0 Å². The first-order valence-electron chi connectivity index (χ1n) is 6.49. The summed E-state index contributed by atoms with van der Waals surface area (Å²) in [6, 6.07) is 3.89. The van der Waals surface area contributed by atoms with Gasteiger partial charge in [-0.1, -0.05) is 0 Å². The maximum atomic E-state index is 12.1. The number of hydrogen-bond acceptors (Lipinski definition) is 6. The number of aliphatic carboxylic acids is 1. The molecular formula is C13H20N4O4. The summed E-state index contributed by atoms with van der Waals surface area (Å²) in [4.78, 5) is 25.8. The van der Waals surface area contributed by atoms with Gasteiger partial charge in [0.25, 0.3) is 0 Å². The Morgan fingerprint density at radius 3 is 2.10 bits per heavy atom. The minimum absolute atomic E-state index is 0.0769. The number of nitrogens with zero attached hydrogens (tertiary/aromatic N) is 4. The summed E-state index contributed by atoms with van der Waals surface area (Å²) in [6.45, 7) is 0.770. The Kier molecular flexibility index (Phi) is 10.5. The number of carboxylic acid groups (broad SMARTS) is 1. The predicted molar refractivity (Wildman–Crippen MR) is 73.0 cm³/mol. The van der Waals surface area contributed by atoms with Gasteiger partial charge in [-0.3, -0.25) is 14.5 Å². The number of carbonyl (C=O) groups excluding carboxylic acids is 1. The SMILES string of the molecule is COCCN(CC(=O)O)CC(=O)N(CCC#N)CCC#N. The summed E-state index contributed by atoms with van der Waals surface area (Å²) in [5.74, 6) is -1.32. The second kappa shape index (κ2) is 11.6. The minimum atomic E-state index is -1.03. The zero-order valence-electron chi connectivity index (χ0n) is 12.1. The van der Waals surface area contributed by atoms with E-state index in [9.17, 15) is 9.59 Å². The van der Waals surface area contributed by atoms with E-state index in [2.05, 4.69) is 0 Å². The standard InChI is InChI=1S/C13H20N4O4/c1-21-9-8-16(11-13(19)20)10-12(18)17(6-2-4-14)7-3-5-15/h2-3,6-11H2,1H3,(H,19,20). The van der Waals surface area contributed by atoms with Crippen molar-refractivity contribution in [3.05, 3.63) is 0 Å². The largest absolute Gasteiger partial charge is 0.480 e. The minimum Gasteiger partial charge on any atom is -0.480 e. The summed E-state index contributed by atoms with van der Waals surface area (Å²) in [5.41, 5.74) is 0. The van der Waals surface area contributed by atoms with E-state index in [0.29, 0.717) is 13.2 Å². The molecule has 116 valence electrons. The molecular weight excluding hydrogens is 276 g/mol. The van der Waals surface area contributed by atoms with E-state index >= 15 is 0 Å². The number of amides is 1. The Balaban J connectivity index is 4.59. The molecule has 0 heterocycles. The van der Waals surface area contributed by atoms with Gasteiger partial charge in [-0.05, 0) is 0 Å². The van der Waals surface area contributed by atoms with Crippen LogP contribution in [0.2, 0.25) is 0 Å². The molecule has 0 saturated carbocycles. The van der Waals surface area contributed by atoms with E-state index in [1.807, 2.05) is 12.1 Å².